The Morgan fingerprint density at radius 2 is 2.38 bits per heavy atom. The van der Waals surface area contributed by atoms with E-state index < -0.39 is 0 Å². The number of carbonyl (C=O) groups excluding carboxylic acids is 1. The lowest BCUT2D eigenvalue weighted by Gasteiger charge is -2.35. The van der Waals surface area contributed by atoms with Gasteiger partial charge in [0.2, 0.25) is 5.91 Å². The summed E-state index contributed by atoms with van der Waals surface area (Å²) in [4.78, 5) is 14.5. The van der Waals surface area contributed by atoms with Gasteiger partial charge in [-0.15, -0.1) is 0 Å². The second-order valence-electron chi connectivity index (χ2n) is 6.45. The molecule has 0 unspecified atom stereocenters. The lowest BCUT2D eigenvalue weighted by atomic mass is 9.72. The number of hydrogen-bond donors (Lipinski definition) is 2. The summed E-state index contributed by atoms with van der Waals surface area (Å²) in [5.74, 6) is 0.00439. The highest BCUT2D eigenvalue weighted by Gasteiger charge is 2.54. The minimum atomic E-state index is -0.00248. The Morgan fingerprint density at radius 1 is 1.57 bits per heavy atom. The molecule has 2 saturated heterocycles. The van der Waals surface area contributed by atoms with E-state index in [0.29, 0.717) is 18.6 Å². The van der Waals surface area contributed by atoms with E-state index in [1.54, 1.807) is 17.1 Å². The number of anilines is 1. The van der Waals surface area contributed by atoms with Crippen LogP contribution in [0, 0.1) is 5.41 Å². The lowest BCUT2D eigenvalue weighted by Crippen LogP contribution is -2.42. The third-order valence-electron chi connectivity index (χ3n) is 5.33. The highest BCUT2D eigenvalue weighted by molar-refractivity contribution is 5.92. The standard InChI is InChI=1S/C15H24N4O2/c1-3-15(10-20)6-12-4-5-13(15)19(12)9-14(21)17-11-7-16-18(2)8-11/h7-8,12-13,20H,3-6,9-10H2,1-2H3,(H,17,21)/t12-,13+,15-/m1/s1. The number of aryl methyl sites for hydroxylation is 1. The smallest absolute Gasteiger partial charge is 0.238 e. The predicted molar refractivity (Wildman–Crippen MR) is 79.8 cm³/mol. The molecule has 3 heterocycles. The van der Waals surface area contributed by atoms with E-state index >= 15 is 0 Å². The number of hydrogen-bond acceptors (Lipinski definition) is 4. The van der Waals surface area contributed by atoms with Crippen molar-refractivity contribution in [2.45, 2.75) is 44.7 Å². The zero-order valence-electron chi connectivity index (χ0n) is 12.7. The Hall–Kier alpha value is -1.40. The molecule has 0 aliphatic carbocycles. The fourth-order valence-electron chi connectivity index (χ4n) is 4.17. The van der Waals surface area contributed by atoms with Crippen LogP contribution in [0.25, 0.3) is 0 Å². The van der Waals surface area contributed by atoms with Crippen molar-refractivity contribution in [3.8, 4) is 0 Å². The SMILES string of the molecule is CC[C@]1(CO)C[C@H]2CC[C@@H]1N2CC(=O)Nc1cnn(C)c1. The summed E-state index contributed by atoms with van der Waals surface area (Å²) in [7, 11) is 1.83. The minimum absolute atomic E-state index is 0.00248. The lowest BCUT2D eigenvalue weighted by molar-refractivity contribution is -0.117. The molecule has 6 heteroatoms. The number of nitrogens with zero attached hydrogens (tertiary/aromatic N) is 3. The van der Waals surface area contributed by atoms with Crippen molar-refractivity contribution in [2.75, 3.05) is 18.5 Å². The zero-order valence-corrected chi connectivity index (χ0v) is 12.7. The molecule has 3 atom stereocenters. The molecule has 2 fully saturated rings. The highest BCUT2D eigenvalue weighted by atomic mass is 16.3. The van der Waals surface area contributed by atoms with Gasteiger partial charge >= 0.3 is 0 Å². The third-order valence-corrected chi connectivity index (χ3v) is 5.33. The van der Waals surface area contributed by atoms with Crippen LogP contribution in [0.3, 0.4) is 0 Å². The summed E-state index contributed by atoms with van der Waals surface area (Å²) in [5, 5.41) is 16.7. The number of nitrogens with one attached hydrogen (secondary N) is 1. The van der Waals surface area contributed by atoms with Crippen LogP contribution in [0.5, 0.6) is 0 Å². The summed E-state index contributed by atoms with van der Waals surface area (Å²) in [6.07, 6.45) is 7.68. The number of aliphatic hydroxyl groups excluding tert-OH is 1. The summed E-state index contributed by atoms with van der Waals surface area (Å²) < 4.78 is 1.67. The van der Waals surface area contributed by atoms with E-state index in [9.17, 15) is 9.90 Å². The largest absolute Gasteiger partial charge is 0.396 e. The Balaban J connectivity index is 1.64. The first-order valence-corrected chi connectivity index (χ1v) is 7.73. The molecule has 0 radical (unpaired) electrons. The van der Waals surface area contributed by atoms with Crippen molar-refractivity contribution in [3.05, 3.63) is 12.4 Å². The van der Waals surface area contributed by atoms with Gasteiger partial charge < -0.3 is 10.4 Å². The number of fused-ring (bicyclic) bond motifs is 2. The molecule has 2 bridgehead atoms. The number of aliphatic hydroxyl groups is 1. The van der Waals surface area contributed by atoms with Gasteiger partial charge in [-0.1, -0.05) is 6.92 Å². The molecule has 0 aromatic carbocycles. The van der Waals surface area contributed by atoms with Crippen LogP contribution in [0.4, 0.5) is 5.69 Å². The van der Waals surface area contributed by atoms with Crippen molar-refractivity contribution in [1.82, 2.24) is 14.7 Å². The first-order chi connectivity index (χ1) is 10.1. The van der Waals surface area contributed by atoms with Gasteiger partial charge in [-0.2, -0.15) is 5.10 Å². The summed E-state index contributed by atoms with van der Waals surface area (Å²) in [6, 6.07) is 0.791. The summed E-state index contributed by atoms with van der Waals surface area (Å²) >= 11 is 0. The highest BCUT2D eigenvalue weighted by Crippen LogP contribution is 2.51. The van der Waals surface area contributed by atoms with Gasteiger partial charge in [0.15, 0.2) is 0 Å². The van der Waals surface area contributed by atoms with E-state index in [4.69, 9.17) is 0 Å². The fraction of sp³-hybridized carbons (Fsp3) is 0.733. The van der Waals surface area contributed by atoms with Crippen molar-refractivity contribution >= 4 is 11.6 Å². The number of carbonyl (C=O) groups is 1. The van der Waals surface area contributed by atoms with Crippen molar-refractivity contribution in [1.29, 1.82) is 0 Å². The Morgan fingerprint density at radius 3 is 2.95 bits per heavy atom. The average molecular weight is 292 g/mol. The Bertz CT molecular complexity index is 523. The van der Waals surface area contributed by atoms with Crippen molar-refractivity contribution < 1.29 is 9.90 Å². The molecule has 2 aliphatic heterocycles. The number of rotatable bonds is 5. The molecule has 116 valence electrons. The quantitative estimate of drug-likeness (QED) is 0.849. The van der Waals surface area contributed by atoms with E-state index in [1.165, 1.54) is 0 Å². The maximum absolute atomic E-state index is 12.2. The molecule has 21 heavy (non-hydrogen) atoms. The number of amides is 1. The summed E-state index contributed by atoms with van der Waals surface area (Å²) in [6.45, 7) is 2.78. The van der Waals surface area contributed by atoms with Crippen LogP contribution >= 0.6 is 0 Å². The van der Waals surface area contributed by atoms with Gasteiger partial charge in [0.05, 0.1) is 25.0 Å². The molecule has 2 N–H and O–H groups in total. The van der Waals surface area contributed by atoms with Gasteiger partial charge in [-0.3, -0.25) is 14.4 Å². The van der Waals surface area contributed by atoms with E-state index in [1.807, 2.05) is 7.05 Å². The number of aromatic nitrogens is 2. The maximum Gasteiger partial charge on any atom is 0.238 e. The van der Waals surface area contributed by atoms with Gasteiger partial charge in [0.25, 0.3) is 0 Å². The topological polar surface area (TPSA) is 70.4 Å². The molecular weight excluding hydrogens is 268 g/mol. The molecule has 0 spiro atoms. The normalized spacial score (nSPS) is 31.8. The van der Waals surface area contributed by atoms with Crippen LogP contribution in [0.15, 0.2) is 12.4 Å². The van der Waals surface area contributed by atoms with Gasteiger partial charge in [0, 0.05) is 30.7 Å². The van der Waals surface area contributed by atoms with Gasteiger partial charge in [0.1, 0.15) is 0 Å². The monoisotopic (exact) mass is 292 g/mol. The molecule has 0 saturated carbocycles. The molecule has 1 aromatic rings. The minimum Gasteiger partial charge on any atom is -0.396 e. The zero-order chi connectivity index (χ0) is 15.0. The van der Waals surface area contributed by atoms with Gasteiger partial charge in [-0.25, -0.2) is 0 Å². The third kappa shape index (κ3) is 2.46. The van der Waals surface area contributed by atoms with Crippen molar-refractivity contribution in [2.24, 2.45) is 12.5 Å². The summed E-state index contributed by atoms with van der Waals surface area (Å²) in [5.41, 5.74) is 0.732. The van der Waals surface area contributed by atoms with Crippen LogP contribution in [0.2, 0.25) is 0 Å². The first kappa shape index (κ1) is 14.5. The molecule has 6 nitrogen and oxygen atoms in total. The molecule has 1 amide bonds. The second kappa shape index (κ2) is 5.42. The van der Waals surface area contributed by atoms with E-state index in [0.717, 1.165) is 31.4 Å². The fourth-order valence-corrected chi connectivity index (χ4v) is 4.17. The molecule has 1 aromatic heterocycles. The van der Waals surface area contributed by atoms with Crippen LogP contribution < -0.4 is 5.32 Å². The molecule has 3 rings (SSSR count). The maximum atomic E-state index is 12.2. The predicted octanol–water partition coefficient (Wildman–Crippen LogP) is 0.984. The van der Waals surface area contributed by atoms with Crippen LogP contribution in [0.1, 0.15) is 32.6 Å². The average Bonchev–Trinajstić information content (AvgIpc) is 3.13. The first-order valence-electron chi connectivity index (χ1n) is 7.73. The van der Waals surface area contributed by atoms with Crippen LogP contribution in [-0.4, -0.2) is 50.9 Å². The van der Waals surface area contributed by atoms with Gasteiger partial charge in [-0.05, 0) is 25.7 Å². The molecule has 2 aliphatic rings. The van der Waals surface area contributed by atoms with E-state index in [2.05, 4.69) is 22.2 Å². The Kier molecular flexibility index (Phi) is 3.75. The van der Waals surface area contributed by atoms with E-state index in [-0.39, 0.29) is 17.9 Å². The van der Waals surface area contributed by atoms with Crippen molar-refractivity contribution in [3.63, 3.8) is 0 Å². The Labute approximate surface area is 125 Å². The second-order valence-corrected chi connectivity index (χ2v) is 6.45. The van der Waals surface area contributed by atoms with Crippen LogP contribution in [-0.2, 0) is 11.8 Å². The molecular formula is C15H24N4O2.